The van der Waals surface area contributed by atoms with Crippen LogP contribution in [0.15, 0.2) is 53.5 Å². The fourth-order valence-electron chi connectivity index (χ4n) is 3.39. The quantitative estimate of drug-likeness (QED) is 0.268. The van der Waals surface area contributed by atoms with Crippen LogP contribution in [0.25, 0.3) is 0 Å². The Morgan fingerprint density at radius 2 is 1.81 bits per heavy atom. The number of hydrogen-bond acceptors (Lipinski definition) is 5. The Morgan fingerprint density at radius 1 is 1.03 bits per heavy atom. The third kappa shape index (κ3) is 9.22. The van der Waals surface area contributed by atoms with E-state index in [1.807, 2.05) is 24.3 Å². The van der Waals surface area contributed by atoms with E-state index in [0.29, 0.717) is 13.2 Å². The van der Waals surface area contributed by atoms with Gasteiger partial charge in [0, 0.05) is 39.8 Å². The van der Waals surface area contributed by atoms with Gasteiger partial charge in [-0.15, -0.1) is 24.0 Å². The van der Waals surface area contributed by atoms with Crippen LogP contribution in [0, 0.1) is 0 Å². The molecule has 0 bridgehead atoms. The molecule has 0 atom stereocenters. The van der Waals surface area contributed by atoms with Gasteiger partial charge in [0.05, 0.1) is 20.3 Å². The molecule has 0 saturated carbocycles. The van der Waals surface area contributed by atoms with Crippen LogP contribution in [-0.4, -0.2) is 71.0 Å². The van der Waals surface area contributed by atoms with Gasteiger partial charge in [-0.05, 0) is 41.8 Å². The number of nitrogens with zero attached hydrogens (tertiary/aromatic N) is 2. The third-order valence-corrected chi connectivity index (χ3v) is 5.23. The van der Waals surface area contributed by atoms with Crippen LogP contribution in [0.4, 0.5) is 0 Å². The normalized spacial score (nSPS) is 14.4. The molecule has 0 aromatic heterocycles. The van der Waals surface area contributed by atoms with E-state index >= 15 is 0 Å². The molecule has 1 saturated heterocycles. The highest BCUT2D eigenvalue weighted by molar-refractivity contribution is 14.0. The minimum absolute atomic E-state index is 0. The number of morpholine rings is 1. The zero-order valence-corrected chi connectivity index (χ0v) is 21.3. The van der Waals surface area contributed by atoms with Crippen molar-refractivity contribution in [2.45, 2.75) is 13.0 Å². The molecule has 0 radical (unpaired) electrons. The number of nitrogens with one attached hydrogen (secondary N) is 2. The molecule has 7 nitrogen and oxygen atoms in total. The molecule has 2 aromatic rings. The number of guanidine groups is 1. The van der Waals surface area contributed by atoms with E-state index in [-0.39, 0.29) is 24.0 Å². The molecule has 1 heterocycles. The van der Waals surface area contributed by atoms with E-state index in [9.17, 15) is 0 Å². The first-order valence-corrected chi connectivity index (χ1v) is 10.9. The fourth-order valence-corrected chi connectivity index (χ4v) is 3.39. The first kappa shape index (κ1) is 26.2. The Morgan fingerprint density at radius 3 is 2.53 bits per heavy atom. The molecule has 1 fully saturated rings. The highest BCUT2D eigenvalue weighted by atomic mass is 127. The molecule has 3 rings (SSSR count). The highest BCUT2D eigenvalue weighted by Gasteiger charge is 2.09. The summed E-state index contributed by atoms with van der Waals surface area (Å²) in [6, 6.07) is 16.3. The smallest absolute Gasteiger partial charge is 0.191 e. The second-order valence-corrected chi connectivity index (χ2v) is 7.40. The van der Waals surface area contributed by atoms with Gasteiger partial charge in [0.1, 0.15) is 18.1 Å². The minimum atomic E-state index is 0. The molecule has 8 heteroatoms. The SMILES string of the molecule is CN=C(NCCc1ccc(OC)cc1)NCc1cccc(OCCN2CCOCC2)c1.I. The van der Waals surface area contributed by atoms with E-state index in [1.54, 1.807) is 14.2 Å². The van der Waals surface area contributed by atoms with E-state index in [2.05, 4.69) is 44.8 Å². The molecular weight excluding hydrogens is 519 g/mol. The molecule has 2 N–H and O–H groups in total. The van der Waals surface area contributed by atoms with Crippen molar-refractivity contribution in [2.24, 2.45) is 4.99 Å². The molecule has 32 heavy (non-hydrogen) atoms. The monoisotopic (exact) mass is 554 g/mol. The Kier molecular flexibility index (Phi) is 12.2. The van der Waals surface area contributed by atoms with Gasteiger partial charge < -0.3 is 24.8 Å². The lowest BCUT2D eigenvalue weighted by Gasteiger charge is -2.26. The lowest BCUT2D eigenvalue weighted by Crippen LogP contribution is -2.38. The van der Waals surface area contributed by atoms with E-state index in [0.717, 1.165) is 68.8 Å². The summed E-state index contributed by atoms with van der Waals surface area (Å²) >= 11 is 0. The number of rotatable bonds is 10. The Bertz CT molecular complexity index is 811. The summed E-state index contributed by atoms with van der Waals surface area (Å²) in [4.78, 5) is 6.68. The molecule has 1 aliphatic rings. The minimum Gasteiger partial charge on any atom is -0.497 e. The molecule has 0 unspecified atom stereocenters. The van der Waals surface area contributed by atoms with Crippen LogP contribution in [0.3, 0.4) is 0 Å². The largest absolute Gasteiger partial charge is 0.497 e. The third-order valence-electron chi connectivity index (χ3n) is 5.23. The summed E-state index contributed by atoms with van der Waals surface area (Å²) in [5.74, 6) is 2.56. The van der Waals surface area contributed by atoms with Crippen LogP contribution >= 0.6 is 24.0 Å². The second-order valence-electron chi connectivity index (χ2n) is 7.40. The van der Waals surface area contributed by atoms with Crippen molar-refractivity contribution in [2.75, 3.05) is 60.2 Å². The summed E-state index contributed by atoms with van der Waals surface area (Å²) < 4.78 is 16.5. The molecule has 0 aliphatic carbocycles. The van der Waals surface area contributed by atoms with Gasteiger partial charge in [0.25, 0.3) is 0 Å². The fraction of sp³-hybridized carbons (Fsp3) is 0.458. The molecular formula is C24H35IN4O3. The van der Waals surface area contributed by atoms with Crippen LogP contribution in [0.5, 0.6) is 11.5 Å². The zero-order valence-electron chi connectivity index (χ0n) is 19.0. The lowest BCUT2D eigenvalue weighted by atomic mass is 10.1. The molecule has 1 aliphatic heterocycles. The molecule has 0 spiro atoms. The van der Waals surface area contributed by atoms with Crippen LogP contribution in [-0.2, 0) is 17.7 Å². The lowest BCUT2D eigenvalue weighted by molar-refractivity contribution is 0.0322. The van der Waals surface area contributed by atoms with Gasteiger partial charge in [0.15, 0.2) is 5.96 Å². The number of benzene rings is 2. The van der Waals surface area contributed by atoms with Gasteiger partial charge in [-0.25, -0.2) is 0 Å². The Balaban J connectivity index is 0.00000363. The van der Waals surface area contributed by atoms with Gasteiger partial charge in [-0.3, -0.25) is 9.89 Å². The van der Waals surface area contributed by atoms with Crippen LogP contribution < -0.4 is 20.1 Å². The first-order valence-electron chi connectivity index (χ1n) is 10.9. The summed E-state index contributed by atoms with van der Waals surface area (Å²) in [6.07, 6.45) is 0.914. The summed E-state index contributed by atoms with van der Waals surface area (Å²) in [5, 5.41) is 6.73. The number of methoxy groups -OCH3 is 1. The first-order chi connectivity index (χ1) is 15.3. The average molecular weight is 554 g/mol. The predicted molar refractivity (Wildman–Crippen MR) is 140 cm³/mol. The number of halogens is 1. The topological polar surface area (TPSA) is 67.4 Å². The summed E-state index contributed by atoms with van der Waals surface area (Å²) in [5.41, 5.74) is 2.41. The predicted octanol–water partition coefficient (Wildman–Crippen LogP) is 2.93. The standard InChI is InChI=1S/C24H34N4O3.HI/c1-25-24(26-11-10-20-6-8-22(29-2)9-7-20)27-19-21-4-3-5-23(18-21)31-17-14-28-12-15-30-16-13-28;/h3-9,18H,10-17,19H2,1-2H3,(H2,25,26,27);1H. The van der Waals surface area contributed by atoms with Crippen molar-refractivity contribution in [1.82, 2.24) is 15.5 Å². The van der Waals surface area contributed by atoms with Crippen molar-refractivity contribution in [3.05, 3.63) is 59.7 Å². The highest BCUT2D eigenvalue weighted by Crippen LogP contribution is 2.14. The van der Waals surface area contributed by atoms with Gasteiger partial charge in [0.2, 0.25) is 0 Å². The van der Waals surface area contributed by atoms with Crippen molar-refractivity contribution < 1.29 is 14.2 Å². The van der Waals surface area contributed by atoms with Gasteiger partial charge in [-0.2, -0.15) is 0 Å². The molecule has 2 aromatic carbocycles. The average Bonchev–Trinajstić information content (AvgIpc) is 2.82. The maximum Gasteiger partial charge on any atom is 0.191 e. The van der Waals surface area contributed by atoms with Crippen LogP contribution in [0.2, 0.25) is 0 Å². The van der Waals surface area contributed by atoms with Gasteiger partial charge in [-0.1, -0.05) is 24.3 Å². The molecule has 0 amide bonds. The maximum absolute atomic E-state index is 5.95. The van der Waals surface area contributed by atoms with E-state index < -0.39 is 0 Å². The zero-order chi connectivity index (χ0) is 21.7. The summed E-state index contributed by atoms with van der Waals surface area (Å²) in [6.45, 7) is 6.70. The van der Waals surface area contributed by atoms with Crippen LogP contribution in [0.1, 0.15) is 11.1 Å². The Labute approximate surface area is 208 Å². The van der Waals surface area contributed by atoms with Crippen molar-refractivity contribution in [3.63, 3.8) is 0 Å². The number of aliphatic imine (C=N–C) groups is 1. The maximum atomic E-state index is 5.95. The van der Waals surface area contributed by atoms with E-state index in [4.69, 9.17) is 14.2 Å². The number of hydrogen-bond donors (Lipinski definition) is 2. The van der Waals surface area contributed by atoms with Crippen molar-refractivity contribution in [1.29, 1.82) is 0 Å². The number of ether oxygens (including phenoxy) is 3. The van der Waals surface area contributed by atoms with Crippen molar-refractivity contribution >= 4 is 29.9 Å². The summed E-state index contributed by atoms with van der Waals surface area (Å²) in [7, 11) is 3.47. The van der Waals surface area contributed by atoms with Gasteiger partial charge >= 0.3 is 0 Å². The molecule has 176 valence electrons. The van der Waals surface area contributed by atoms with Crippen molar-refractivity contribution in [3.8, 4) is 11.5 Å². The Hall–Kier alpha value is -2.04. The van der Waals surface area contributed by atoms with E-state index in [1.165, 1.54) is 5.56 Å². The second kappa shape index (κ2) is 14.9.